The molecular weight excluding hydrogens is 462 g/mol. The van der Waals surface area contributed by atoms with Crippen LogP contribution in [0.25, 0.3) is 0 Å². The summed E-state index contributed by atoms with van der Waals surface area (Å²) in [6.07, 6.45) is 1.15. The lowest BCUT2D eigenvalue weighted by molar-refractivity contribution is -0.115. The van der Waals surface area contributed by atoms with Gasteiger partial charge in [0.25, 0.3) is 5.56 Å². The molecule has 0 aliphatic rings. The van der Waals surface area contributed by atoms with Gasteiger partial charge < -0.3 is 15.6 Å². The molecule has 11 heteroatoms. The van der Waals surface area contributed by atoms with E-state index < -0.39 is 20.8 Å². The van der Waals surface area contributed by atoms with Crippen LogP contribution < -0.4 is 21.7 Å². The average Bonchev–Trinajstić information content (AvgIpc) is 2.77. The number of nitrogen functional groups attached to an aromatic ring is 1. The summed E-state index contributed by atoms with van der Waals surface area (Å²) >= 11 is 1.16. The van der Waals surface area contributed by atoms with Crippen molar-refractivity contribution < 1.29 is 13.2 Å². The molecule has 5 N–H and O–H groups in total. The number of nitrogens with two attached hydrogens (primary N) is 2. The molecular formula is C22H25N5O4S2. The third kappa shape index (κ3) is 6.67. The summed E-state index contributed by atoms with van der Waals surface area (Å²) in [7, 11) is -3.82. The number of hydrogen-bond donors (Lipinski definition) is 3. The number of carbonyl (C=O) groups is 1. The van der Waals surface area contributed by atoms with E-state index >= 15 is 0 Å². The molecule has 0 unspecified atom stereocenters. The third-order valence-corrected chi connectivity index (χ3v) is 7.13. The fraction of sp³-hybridized carbons (Fsp3) is 0.227. The summed E-state index contributed by atoms with van der Waals surface area (Å²) in [5.74, 6) is -0.0283. The second-order valence-electron chi connectivity index (χ2n) is 7.26. The first-order chi connectivity index (χ1) is 15.7. The number of hydrogen-bond acceptors (Lipinski definition) is 7. The van der Waals surface area contributed by atoms with E-state index in [1.54, 1.807) is 4.57 Å². The van der Waals surface area contributed by atoms with E-state index in [1.807, 2.05) is 37.3 Å². The first-order valence-corrected chi connectivity index (χ1v) is 12.6. The number of aryl methyl sites for hydroxylation is 1. The Morgan fingerprint density at radius 2 is 1.82 bits per heavy atom. The zero-order valence-corrected chi connectivity index (χ0v) is 19.6. The normalized spacial score (nSPS) is 12.3. The summed E-state index contributed by atoms with van der Waals surface area (Å²) < 4.78 is 24.5. The number of anilines is 2. The number of carbonyl (C=O) groups excluding carboxylic acids is 1. The van der Waals surface area contributed by atoms with Crippen molar-refractivity contribution in [2.75, 3.05) is 11.1 Å². The van der Waals surface area contributed by atoms with E-state index in [4.69, 9.17) is 10.9 Å². The van der Waals surface area contributed by atoms with Crippen LogP contribution in [0, 0.1) is 0 Å². The molecule has 3 aromatic rings. The molecule has 2 aromatic carbocycles. The van der Waals surface area contributed by atoms with Crippen molar-refractivity contribution in [3.05, 3.63) is 76.6 Å². The Morgan fingerprint density at radius 1 is 1.15 bits per heavy atom. The topological polar surface area (TPSA) is 150 Å². The largest absolute Gasteiger partial charge is 0.385 e. The monoisotopic (exact) mass is 487 g/mol. The van der Waals surface area contributed by atoms with Crippen LogP contribution in [0.5, 0.6) is 0 Å². The van der Waals surface area contributed by atoms with Gasteiger partial charge in [-0.2, -0.15) is 4.98 Å². The molecule has 0 fully saturated rings. The Morgan fingerprint density at radius 3 is 2.42 bits per heavy atom. The molecule has 1 heterocycles. The standard InChI is InChI=1S/C22H25N5O4S2/c1-2-18(21(29)25-16-8-10-17(11-9-16)33(24,30)31)32-22-26-20(28)14-19(23)27(22)13-12-15-6-4-3-5-7-15/h3-11,14,18H,2,12-13,23H2,1H3,(H,25,29)(H2,24,30,31)/t18-/m0/s1. The Bertz CT molecular complexity index is 1280. The van der Waals surface area contributed by atoms with E-state index in [2.05, 4.69) is 10.3 Å². The van der Waals surface area contributed by atoms with E-state index in [0.29, 0.717) is 30.2 Å². The molecule has 0 spiro atoms. The minimum atomic E-state index is -3.82. The van der Waals surface area contributed by atoms with Gasteiger partial charge in [0.2, 0.25) is 15.9 Å². The van der Waals surface area contributed by atoms with Gasteiger partial charge in [0, 0.05) is 18.3 Å². The minimum Gasteiger partial charge on any atom is -0.385 e. The van der Waals surface area contributed by atoms with Crippen molar-refractivity contribution in [1.29, 1.82) is 0 Å². The highest BCUT2D eigenvalue weighted by atomic mass is 32.2. The van der Waals surface area contributed by atoms with Crippen LogP contribution in [0.4, 0.5) is 11.5 Å². The Labute approximate surface area is 196 Å². The van der Waals surface area contributed by atoms with Gasteiger partial charge in [0.05, 0.1) is 10.1 Å². The first kappa shape index (κ1) is 24.5. The molecule has 33 heavy (non-hydrogen) atoms. The van der Waals surface area contributed by atoms with Gasteiger partial charge in [0.1, 0.15) is 5.82 Å². The first-order valence-electron chi connectivity index (χ1n) is 10.2. The van der Waals surface area contributed by atoms with Gasteiger partial charge in [-0.25, -0.2) is 13.6 Å². The number of primary sulfonamides is 1. The number of nitrogens with one attached hydrogen (secondary N) is 1. The molecule has 0 saturated carbocycles. The van der Waals surface area contributed by atoms with E-state index in [0.717, 1.165) is 17.3 Å². The maximum Gasteiger partial charge on any atom is 0.275 e. The number of thioether (sulfide) groups is 1. The molecule has 3 rings (SSSR count). The van der Waals surface area contributed by atoms with Crippen molar-refractivity contribution in [2.24, 2.45) is 5.14 Å². The fourth-order valence-electron chi connectivity index (χ4n) is 3.10. The van der Waals surface area contributed by atoms with Crippen LogP contribution in [0.15, 0.2) is 75.5 Å². The predicted molar refractivity (Wildman–Crippen MR) is 129 cm³/mol. The smallest absolute Gasteiger partial charge is 0.275 e. The molecule has 0 saturated heterocycles. The summed E-state index contributed by atoms with van der Waals surface area (Å²) in [6, 6.07) is 16.7. The number of sulfonamides is 1. The van der Waals surface area contributed by atoms with Crippen molar-refractivity contribution >= 4 is 39.2 Å². The highest BCUT2D eigenvalue weighted by Gasteiger charge is 2.22. The van der Waals surface area contributed by atoms with Crippen molar-refractivity contribution in [1.82, 2.24) is 9.55 Å². The molecule has 0 aliphatic heterocycles. The van der Waals surface area contributed by atoms with Gasteiger partial charge in [-0.05, 0) is 42.7 Å². The molecule has 0 bridgehead atoms. The molecule has 1 aromatic heterocycles. The predicted octanol–water partition coefficient (Wildman–Crippen LogP) is 2.22. The highest BCUT2D eigenvalue weighted by molar-refractivity contribution is 8.00. The van der Waals surface area contributed by atoms with E-state index in [-0.39, 0.29) is 16.6 Å². The number of rotatable bonds is 9. The van der Waals surface area contributed by atoms with E-state index in [1.165, 1.54) is 30.3 Å². The Balaban J connectivity index is 1.77. The summed E-state index contributed by atoms with van der Waals surface area (Å²) in [5.41, 5.74) is 7.16. The molecule has 9 nitrogen and oxygen atoms in total. The lowest BCUT2D eigenvalue weighted by atomic mass is 10.1. The number of amides is 1. The molecule has 1 amide bonds. The number of nitrogens with zero attached hydrogens (tertiary/aromatic N) is 2. The summed E-state index contributed by atoms with van der Waals surface area (Å²) in [5, 5.41) is 7.66. The van der Waals surface area contributed by atoms with Crippen molar-refractivity contribution in [3.8, 4) is 0 Å². The van der Waals surface area contributed by atoms with Crippen molar-refractivity contribution in [3.63, 3.8) is 0 Å². The lowest BCUT2D eigenvalue weighted by Crippen LogP contribution is -2.27. The van der Waals surface area contributed by atoms with Crippen LogP contribution >= 0.6 is 11.8 Å². The molecule has 0 radical (unpaired) electrons. The summed E-state index contributed by atoms with van der Waals surface area (Å²) in [6.45, 7) is 2.35. The van der Waals surface area contributed by atoms with Crippen LogP contribution in [0.3, 0.4) is 0 Å². The van der Waals surface area contributed by atoms with E-state index in [9.17, 15) is 18.0 Å². The average molecular weight is 488 g/mol. The van der Waals surface area contributed by atoms with Gasteiger partial charge in [-0.1, -0.05) is 49.0 Å². The molecule has 0 aliphatic carbocycles. The van der Waals surface area contributed by atoms with Gasteiger partial charge in [-0.3, -0.25) is 9.59 Å². The van der Waals surface area contributed by atoms with Crippen molar-refractivity contribution in [2.45, 2.75) is 41.6 Å². The zero-order valence-electron chi connectivity index (χ0n) is 18.0. The summed E-state index contributed by atoms with van der Waals surface area (Å²) in [4.78, 5) is 28.9. The highest BCUT2D eigenvalue weighted by Crippen LogP contribution is 2.26. The second-order valence-corrected chi connectivity index (χ2v) is 9.99. The Hall–Kier alpha value is -3.15. The van der Waals surface area contributed by atoms with Crippen LogP contribution in [-0.2, 0) is 27.8 Å². The van der Waals surface area contributed by atoms with Crippen LogP contribution in [0.2, 0.25) is 0 Å². The zero-order chi connectivity index (χ0) is 24.0. The quantitative estimate of drug-likeness (QED) is 0.309. The van der Waals surface area contributed by atoms with Crippen LogP contribution in [0.1, 0.15) is 18.9 Å². The van der Waals surface area contributed by atoms with Crippen LogP contribution in [-0.4, -0.2) is 29.1 Å². The third-order valence-electron chi connectivity index (χ3n) is 4.85. The Kier molecular flexibility index (Phi) is 7.90. The second kappa shape index (κ2) is 10.6. The molecule has 174 valence electrons. The molecule has 1 atom stereocenters. The van der Waals surface area contributed by atoms with Gasteiger partial charge in [0.15, 0.2) is 5.16 Å². The SMILES string of the molecule is CC[C@H](Sc1nc(=O)cc(N)n1CCc1ccccc1)C(=O)Nc1ccc(S(N)(=O)=O)cc1. The van der Waals surface area contributed by atoms with Gasteiger partial charge in [-0.15, -0.1) is 0 Å². The maximum atomic E-state index is 12.9. The number of aromatic nitrogens is 2. The fourth-order valence-corrected chi connectivity index (χ4v) is 4.67. The minimum absolute atomic E-state index is 0.0479. The lowest BCUT2D eigenvalue weighted by Gasteiger charge is -2.19. The number of benzene rings is 2. The van der Waals surface area contributed by atoms with Gasteiger partial charge >= 0.3 is 0 Å². The maximum absolute atomic E-state index is 12.9.